The van der Waals surface area contributed by atoms with Gasteiger partial charge in [-0.05, 0) is 23.8 Å². The molecule has 6 nitrogen and oxygen atoms in total. The molecule has 1 saturated heterocycles. The van der Waals surface area contributed by atoms with Crippen molar-refractivity contribution in [2.45, 2.75) is 25.2 Å². The lowest BCUT2D eigenvalue weighted by Crippen LogP contribution is -2.33. The lowest BCUT2D eigenvalue weighted by atomic mass is 10.0. The maximum atomic E-state index is 13.6. The fourth-order valence-corrected chi connectivity index (χ4v) is 3.31. The van der Waals surface area contributed by atoms with Crippen molar-refractivity contribution >= 4 is 16.9 Å². The minimum Gasteiger partial charge on any atom is -0.388 e. The Bertz CT molecular complexity index is 1060. The number of carbonyl (C=O) groups is 1. The van der Waals surface area contributed by atoms with E-state index in [2.05, 4.69) is 10.1 Å². The molecule has 10 heteroatoms. The van der Waals surface area contributed by atoms with Crippen molar-refractivity contribution in [2.24, 2.45) is 0 Å². The molecule has 1 aliphatic heterocycles. The number of carbonyl (C=O) groups excluding carboxylic acids is 1. The minimum absolute atomic E-state index is 0.0886. The summed E-state index contributed by atoms with van der Waals surface area (Å²) in [6.07, 6.45) is -2.75. The van der Waals surface area contributed by atoms with E-state index in [1.54, 1.807) is 6.07 Å². The van der Waals surface area contributed by atoms with Crippen LogP contribution in [0.1, 0.15) is 12.0 Å². The number of β-amino-alcohol motifs (C(OH)–C–C–N with tert-alkyl or cyclic N) is 1. The van der Waals surface area contributed by atoms with Crippen molar-refractivity contribution in [3.63, 3.8) is 0 Å². The normalized spacial score (nSPS) is 19.4. The van der Waals surface area contributed by atoms with Crippen LogP contribution in [-0.4, -0.2) is 56.0 Å². The number of amides is 1. The summed E-state index contributed by atoms with van der Waals surface area (Å²) in [5, 5.41) is 13.6. The summed E-state index contributed by atoms with van der Waals surface area (Å²) in [6, 6.07) is 5.00. The van der Waals surface area contributed by atoms with Crippen LogP contribution in [0.4, 0.5) is 17.6 Å². The molecule has 2 atom stereocenters. The molecule has 1 fully saturated rings. The second-order valence-electron chi connectivity index (χ2n) is 6.85. The number of fused-ring (bicyclic) bond motifs is 1. The largest absolute Gasteiger partial charge is 0.388 e. The zero-order valence-corrected chi connectivity index (χ0v) is 15.0. The van der Waals surface area contributed by atoms with Crippen molar-refractivity contribution in [3.8, 4) is 11.1 Å². The van der Waals surface area contributed by atoms with Crippen LogP contribution in [0.2, 0.25) is 0 Å². The summed E-state index contributed by atoms with van der Waals surface area (Å²) in [6.45, 7) is -0.469. The van der Waals surface area contributed by atoms with E-state index < -0.39 is 36.0 Å². The Kier molecular flexibility index (Phi) is 4.95. The number of pyridine rings is 1. The van der Waals surface area contributed by atoms with Crippen molar-refractivity contribution in [1.29, 1.82) is 0 Å². The van der Waals surface area contributed by atoms with E-state index in [0.717, 1.165) is 12.1 Å². The van der Waals surface area contributed by atoms with E-state index in [4.69, 9.17) is 0 Å². The second-order valence-corrected chi connectivity index (χ2v) is 6.85. The first-order chi connectivity index (χ1) is 13.8. The van der Waals surface area contributed by atoms with Gasteiger partial charge in [0.05, 0.1) is 23.8 Å². The van der Waals surface area contributed by atoms with Crippen molar-refractivity contribution in [3.05, 3.63) is 48.0 Å². The number of rotatable bonds is 4. The molecule has 1 aromatic carbocycles. The van der Waals surface area contributed by atoms with Crippen LogP contribution in [-0.2, 0) is 11.3 Å². The Morgan fingerprint density at radius 1 is 1.21 bits per heavy atom. The zero-order valence-electron chi connectivity index (χ0n) is 15.0. The third-order valence-electron chi connectivity index (χ3n) is 4.92. The molecular weight excluding hydrogens is 392 g/mol. The number of aliphatic hydroxyl groups is 1. The molecule has 0 bridgehead atoms. The summed E-state index contributed by atoms with van der Waals surface area (Å²) in [4.78, 5) is 17.8. The highest BCUT2D eigenvalue weighted by Crippen LogP contribution is 2.29. The fourth-order valence-electron chi connectivity index (χ4n) is 3.31. The zero-order chi connectivity index (χ0) is 20.7. The number of likely N-dealkylation sites (tertiary alicyclic amines) is 1. The standard InChI is InChI=1S/C19H16F4N4O2/c20-13-2-1-10(3-12(13)19(22)23)11-4-16-15(24-5-11)6-25-27(16)9-18(29)26-7-14(21)17(28)8-26/h1-6,14,17,19,28H,7-9H2. The molecule has 0 aliphatic carbocycles. The van der Waals surface area contributed by atoms with E-state index in [9.17, 15) is 27.5 Å². The molecule has 1 N–H and O–H groups in total. The number of aromatic nitrogens is 3. The summed E-state index contributed by atoms with van der Waals surface area (Å²) < 4.78 is 54.3. The molecule has 29 heavy (non-hydrogen) atoms. The van der Waals surface area contributed by atoms with Gasteiger partial charge in [0.2, 0.25) is 5.91 Å². The fraction of sp³-hybridized carbons (Fsp3) is 0.316. The van der Waals surface area contributed by atoms with E-state index in [1.807, 2.05) is 0 Å². The third-order valence-corrected chi connectivity index (χ3v) is 4.92. The first-order valence-electron chi connectivity index (χ1n) is 8.83. The third kappa shape index (κ3) is 3.67. The average molecular weight is 408 g/mol. The molecule has 3 aromatic rings. The van der Waals surface area contributed by atoms with Crippen LogP contribution in [0.3, 0.4) is 0 Å². The number of hydrogen-bond acceptors (Lipinski definition) is 4. The molecular formula is C19H16F4N4O2. The SMILES string of the molecule is O=C(Cn1ncc2ncc(-c3ccc(F)c(C(F)F)c3)cc21)N1CC(O)C(F)C1. The highest BCUT2D eigenvalue weighted by atomic mass is 19.3. The van der Waals surface area contributed by atoms with Crippen LogP contribution in [0, 0.1) is 5.82 Å². The van der Waals surface area contributed by atoms with E-state index >= 15 is 0 Å². The molecule has 1 aliphatic rings. The van der Waals surface area contributed by atoms with Crippen LogP contribution in [0.5, 0.6) is 0 Å². The van der Waals surface area contributed by atoms with E-state index in [-0.39, 0.29) is 19.6 Å². The van der Waals surface area contributed by atoms with Gasteiger partial charge in [-0.2, -0.15) is 5.10 Å². The quantitative estimate of drug-likeness (QED) is 0.674. The Morgan fingerprint density at radius 2 is 2.00 bits per heavy atom. The van der Waals surface area contributed by atoms with Crippen molar-refractivity contribution < 1.29 is 27.5 Å². The van der Waals surface area contributed by atoms with Gasteiger partial charge in [-0.1, -0.05) is 6.07 Å². The topological polar surface area (TPSA) is 71.2 Å². The second kappa shape index (κ2) is 7.43. The number of alkyl halides is 3. The summed E-state index contributed by atoms with van der Waals surface area (Å²) in [5.74, 6) is -1.41. The molecule has 2 aromatic heterocycles. The molecule has 0 spiro atoms. The van der Waals surface area contributed by atoms with Crippen LogP contribution in [0.15, 0.2) is 36.7 Å². The van der Waals surface area contributed by atoms with Gasteiger partial charge < -0.3 is 10.0 Å². The van der Waals surface area contributed by atoms with Crippen LogP contribution in [0.25, 0.3) is 22.2 Å². The van der Waals surface area contributed by atoms with Gasteiger partial charge in [-0.25, -0.2) is 17.6 Å². The smallest absolute Gasteiger partial charge is 0.266 e. The Morgan fingerprint density at radius 3 is 2.69 bits per heavy atom. The first-order valence-corrected chi connectivity index (χ1v) is 8.83. The Hall–Kier alpha value is -3.01. The minimum atomic E-state index is -2.95. The maximum Gasteiger partial charge on any atom is 0.266 e. The highest BCUT2D eigenvalue weighted by Gasteiger charge is 2.34. The highest BCUT2D eigenvalue weighted by molar-refractivity contribution is 5.83. The predicted molar refractivity (Wildman–Crippen MR) is 95.4 cm³/mol. The number of nitrogens with zero attached hydrogens (tertiary/aromatic N) is 4. The van der Waals surface area contributed by atoms with Crippen LogP contribution >= 0.6 is 0 Å². The Balaban J connectivity index is 1.63. The van der Waals surface area contributed by atoms with Gasteiger partial charge >= 0.3 is 0 Å². The average Bonchev–Trinajstić information content (AvgIpc) is 3.24. The van der Waals surface area contributed by atoms with Gasteiger partial charge in [0, 0.05) is 18.3 Å². The Labute approximate surface area is 162 Å². The van der Waals surface area contributed by atoms with Crippen molar-refractivity contribution in [1.82, 2.24) is 19.7 Å². The number of hydrogen-bond donors (Lipinski definition) is 1. The van der Waals surface area contributed by atoms with Crippen molar-refractivity contribution in [2.75, 3.05) is 13.1 Å². The number of halogens is 4. The van der Waals surface area contributed by atoms with E-state index in [1.165, 1.54) is 28.0 Å². The van der Waals surface area contributed by atoms with Crippen LogP contribution < -0.4 is 0 Å². The van der Waals surface area contributed by atoms with Gasteiger partial charge in [0.25, 0.3) is 6.43 Å². The molecule has 0 saturated carbocycles. The maximum absolute atomic E-state index is 13.6. The molecule has 3 heterocycles. The molecule has 1 amide bonds. The number of aliphatic hydroxyl groups excluding tert-OH is 1. The first kappa shape index (κ1) is 19.3. The molecule has 2 unspecified atom stereocenters. The molecule has 152 valence electrons. The summed E-state index contributed by atoms with van der Waals surface area (Å²) in [5.41, 5.74) is 1.03. The number of benzene rings is 1. The summed E-state index contributed by atoms with van der Waals surface area (Å²) >= 11 is 0. The van der Waals surface area contributed by atoms with Gasteiger partial charge in [-0.3, -0.25) is 14.5 Å². The molecule has 4 rings (SSSR count). The predicted octanol–water partition coefficient (Wildman–Crippen LogP) is 2.72. The van der Waals surface area contributed by atoms with Gasteiger partial charge in [-0.15, -0.1) is 0 Å². The molecule has 0 radical (unpaired) electrons. The van der Waals surface area contributed by atoms with Gasteiger partial charge in [0.15, 0.2) is 0 Å². The lowest BCUT2D eigenvalue weighted by Gasteiger charge is -2.15. The summed E-state index contributed by atoms with van der Waals surface area (Å²) in [7, 11) is 0. The monoisotopic (exact) mass is 408 g/mol. The van der Waals surface area contributed by atoms with Gasteiger partial charge in [0.1, 0.15) is 30.2 Å². The van der Waals surface area contributed by atoms with E-state index in [0.29, 0.717) is 22.2 Å². The lowest BCUT2D eigenvalue weighted by molar-refractivity contribution is -0.131.